The number of hydrogen-bond donors (Lipinski definition) is 1. The van der Waals surface area contributed by atoms with Crippen molar-refractivity contribution in [3.05, 3.63) is 170 Å². The second kappa shape index (κ2) is 51.0. The van der Waals surface area contributed by atoms with E-state index in [1.54, 1.807) is 0 Å². The van der Waals surface area contributed by atoms with Crippen LogP contribution in [0.5, 0.6) is 0 Å². The largest absolute Gasteiger partial charge is 0.477 e. The van der Waals surface area contributed by atoms with Crippen LogP contribution in [0.15, 0.2) is 170 Å². The molecule has 0 aromatic heterocycles. The average molecular weight is 981 g/mol. The number of quaternary nitrogens is 1. The Bertz CT molecular complexity index is 1760. The zero-order chi connectivity index (χ0) is 52.0. The molecule has 0 rings (SSSR count). The van der Waals surface area contributed by atoms with Crippen LogP contribution in [0.3, 0.4) is 0 Å². The highest BCUT2D eigenvalue weighted by Crippen LogP contribution is 2.09. The summed E-state index contributed by atoms with van der Waals surface area (Å²) in [6, 6.07) is 0. The van der Waals surface area contributed by atoms with Gasteiger partial charge in [0.1, 0.15) is 13.2 Å². The fourth-order valence-corrected chi connectivity index (χ4v) is 5.99. The second-order valence-corrected chi connectivity index (χ2v) is 17.7. The molecule has 71 heavy (non-hydrogen) atoms. The average Bonchev–Trinajstić information content (AvgIpc) is 3.34. The number of unbranched alkanes of at least 4 members (excludes halogenated alkanes) is 2. The molecule has 0 aromatic rings. The van der Waals surface area contributed by atoms with Gasteiger partial charge in [-0.2, -0.15) is 0 Å². The van der Waals surface area contributed by atoms with E-state index in [2.05, 4.69) is 172 Å². The molecule has 0 fully saturated rings. The van der Waals surface area contributed by atoms with Gasteiger partial charge in [0, 0.05) is 12.8 Å². The molecule has 2 atom stereocenters. The van der Waals surface area contributed by atoms with Crippen LogP contribution in [0.2, 0.25) is 0 Å². The third-order valence-electron chi connectivity index (χ3n) is 9.98. The van der Waals surface area contributed by atoms with E-state index in [-0.39, 0.29) is 32.7 Å². The molecule has 9 nitrogen and oxygen atoms in total. The molecule has 0 aliphatic carbocycles. The summed E-state index contributed by atoms with van der Waals surface area (Å²) in [4.78, 5) is 37.3. The van der Waals surface area contributed by atoms with Crippen LogP contribution in [0, 0.1) is 0 Å². The monoisotopic (exact) mass is 981 g/mol. The van der Waals surface area contributed by atoms with Crippen molar-refractivity contribution in [2.24, 2.45) is 0 Å². The fourth-order valence-electron chi connectivity index (χ4n) is 5.99. The summed E-state index contributed by atoms with van der Waals surface area (Å²) >= 11 is 0. The highest BCUT2D eigenvalue weighted by atomic mass is 16.7. The predicted octanol–water partition coefficient (Wildman–Crippen LogP) is 15.2. The van der Waals surface area contributed by atoms with Crippen LogP contribution in [0.4, 0.5) is 0 Å². The van der Waals surface area contributed by atoms with E-state index < -0.39 is 30.3 Å². The number of carbonyl (C=O) groups excluding carboxylic acids is 2. The Morgan fingerprint density at radius 1 is 0.423 bits per heavy atom. The molecule has 0 aromatic carbocycles. The number of esters is 2. The molecule has 0 aliphatic rings. The first-order chi connectivity index (χ1) is 34.6. The number of carboxylic acids is 1. The van der Waals surface area contributed by atoms with Crippen LogP contribution in [0.1, 0.15) is 142 Å². The zero-order valence-electron chi connectivity index (χ0n) is 44.5. The Hall–Kier alpha value is -5.35. The van der Waals surface area contributed by atoms with Gasteiger partial charge in [-0.15, -0.1) is 0 Å². The lowest BCUT2D eigenvalue weighted by atomic mass is 10.2. The maximum absolute atomic E-state index is 12.8. The lowest BCUT2D eigenvalue weighted by Crippen LogP contribution is -2.40. The molecule has 0 spiro atoms. The van der Waals surface area contributed by atoms with Crippen molar-refractivity contribution in [1.29, 1.82) is 0 Å². The lowest BCUT2D eigenvalue weighted by Gasteiger charge is -2.25. The lowest BCUT2D eigenvalue weighted by molar-refractivity contribution is -0.870. The number of hydrogen-bond acceptors (Lipinski definition) is 7. The Morgan fingerprint density at radius 2 is 0.775 bits per heavy atom. The SMILES string of the molecule is CC/C=C\C/C=C\C/C=C\C/C=C\C/C=C\C/C=C\C/C=C\C/C=C\CCCCC(=O)OC(COC(=O)CC/C=C\C/C=C\C/C=C\C/C=C\C/C=C\C/C=C\CC)COC(OCC[N+](C)(C)C)C(=O)O. The van der Waals surface area contributed by atoms with Gasteiger partial charge in [-0.05, 0) is 116 Å². The molecule has 0 bridgehead atoms. The Labute approximate surface area is 431 Å². The summed E-state index contributed by atoms with van der Waals surface area (Å²) in [6.45, 7) is 4.46. The Balaban J connectivity index is 4.57. The number of carboxylic acid groups (broad SMARTS) is 1. The van der Waals surface area contributed by atoms with Gasteiger partial charge >= 0.3 is 17.9 Å². The van der Waals surface area contributed by atoms with Gasteiger partial charge in [0.25, 0.3) is 6.29 Å². The highest BCUT2D eigenvalue weighted by Gasteiger charge is 2.25. The summed E-state index contributed by atoms with van der Waals surface area (Å²) in [5, 5.41) is 9.67. The van der Waals surface area contributed by atoms with Gasteiger partial charge in [0.2, 0.25) is 0 Å². The molecule has 0 amide bonds. The predicted molar refractivity (Wildman–Crippen MR) is 299 cm³/mol. The van der Waals surface area contributed by atoms with E-state index in [1.165, 1.54) is 0 Å². The van der Waals surface area contributed by atoms with Crippen LogP contribution in [-0.2, 0) is 33.3 Å². The quantitative estimate of drug-likeness (QED) is 0.0211. The van der Waals surface area contributed by atoms with Gasteiger partial charge in [0.15, 0.2) is 6.10 Å². The molecule has 0 radical (unpaired) electrons. The van der Waals surface area contributed by atoms with Gasteiger partial charge in [-0.25, -0.2) is 4.79 Å². The number of carbonyl (C=O) groups is 3. The zero-order valence-corrected chi connectivity index (χ0v) is 44.5. The standard InChI is InChI=1S/C62H93NO8/c1-6-8-10-12-14-16-18-20-22-24-26-27-28-29-30-31-32-33-35-37-39-41-43-45-47-49-51-53-60(65)71-58(57-70-62(61(66)67)68-55-54-63(3,4)5)56-69-59(64)52-50-48-46-44-42-40-38-36-34-25-23-21-19-17-15-13-11-9-7-2/h8-11,14-17,20-23,26-27,29-30,32-34,36-37,39-40,42-43,45-46,48,58,62H,6-7,12-13,18-19,24-25,28,31,35,38,41,44,47,49-57H2,1-5H3/p+1/b10-8-,11-9-,16-14-,17-15-,22-20-,23-21-,27-26-,30-29-,33-32-,36-34-,39-37-,42-40-,45-43-,48-46-. The minimum atomic E-state index is -1.55. The van der Waals surface area contributed by atoms with Crippen LogP contribution < -0.4 is 0 Å². The van der Waals surface area contributed by atoms with Crippen molar-refractivity contribution in [3.8, 4) is 0 Å². The third-order valence-corrected chi connectivity index (χ3v) is 9.98. The molecular weight excluding hydrogens is 887 g/mol. The molecular formula is C62H94NO8+. The first-order valence-electron chi connectivity index (χ1n) is 26.3. The molecule has 9 heteroatoms. The normalized spacial score (nSPS) is 14.2. The number of likely N-dealkylation sites (N-methyl/N-ethyl adjacent to an activating group) is 1. The van der Waals surface area contributed by atoms with E-state index in [0.717, 1.165) is 103 Å². The molecule has 1 N–H and O–H groups in total. The van der Waals surface area contributed by atoms with Crippen molar-refractivity contribution < 1.29 is 42.9 Å². The Kier molecular flexibility index (Phi) is 47.2. The molecule has 0 saturated heterocycles. The van der Waals surface area contributed by atoms with Gasteiger partial charge in [0.05, 0.1) is 34.4 Å². The van der Waals surface area contributed by atoms with E-state index >= 15 is 0 Å². The maximum atomic E-state index is 12.8. The number of rotatable bonds is 45. The van der Waals surface area contributed by atoms with Crippen molar-refractivity contribution in [1.82, 2.24) is 0 Å². The van der Waals surface area contributed by atoms with E-state index in [1.807, 2.05) is 33.3 Å². The van der Waals surface area contributed by atoms with Gasteiger partial charge in [-0.3, -0.25) is 9.59 Å². The van der Waals surface area contributed by atoms with Crippen LogP contribution >= 0.6 is 0 Å². The van der Waals surface area contributed by atoms with E-state index in [4.69, 9.17) is 18.9 Å². The molecule has 0 aliphatic heterocycles. The summed E-state index contributed by atoms with van der Waals surface area (Å²) in [6.07, 6.45) is 74.4. The number of ether oxygens (including phenoxy) is 4. The first kappa shape index (κ1) is 65.7. The first-order valence-corrected chi connectivity index (χ1v) is 26.3. The number of aliphatic carboxylic acids is 1. The van der Waals surface area contributed by atoms with Gasteiger partial charge < -0.3 is 28.5 Å². The number of allylic oxidation sites excluding steroid dienone is 28. The van der Waals surface area contributed by atoms with Crippen molar-refractivity contribution in [3.63, 3.8) is 0 Å². The fraction of sp³-hybridized carbons (Fsp3) is 0.500. The minimum Gasteiger partial charge on any atom is -0.477 e. The molecule has 394 valence electrons. The van der Waals surface area contributed by atoms with Crippen molar-refractivity contribution in [2.45, 2.75) is 155 Å². The van der Waals surface area contributed by atoms with Crippen molar-refractivity contribution >= 4 is 17.9 Å². The number of nitrogens with zero attached hydrogens (tertiary/aromatic N) is 1. The summed E-state index contributed by atoms with van der Waals surface area (Å²) < 4.78 is 22.6. The summed E-state index contributed by atoms with van der Waals surface area (Å²) in [5.41, 5.74) is 0. The van der Waals surface area contributed by atoms with E-state index in [9.17, 15) is 19.5 Å². The molecule has 0 heterocycles. The molecule has 2 unspecified atom stereocenters. The van der Waals surface area contributed by atoms with Crippen LogP contribution in [0.25, 0.3) is 0 Å². The third kappa shape index (κ3) is 52.3. The Morgan fingerprint density at radius 3 is 1.13 bits per heavy atom. The van der Waals surface area contributed by atoms with Crippen LogP contribution in [-0.4, -0.2) is 87.4 Å². The highest BCUT2D eigenvalue weighted by molar-refractivity contribution is 5.71. The van der Waals surface area contributed by atoms with Gasteiger partial charge in [-0.1, -0.05) is 184 Å². The maximum Gasteiger partial charge on any atom is 0.361 e. The topological polar surface area (TPSA) is 108 Å². The second-order valence-electron chi connectivity index (χ2n) is 17.7. The smallest absolute Gasteiger partial charge is 0.361 e. The van der Waals surface area contributed by atoms with E-state index in [0.29, 0.717) is 23.9 Å². The minimum absolute atomic E-state index is 0.155. The summed E-state index contributed by atoms with van der Waals surface area (Å²) in [7, 11) is 5.91. The molecule has 0 saturated carbocycles. The van der Waals surface area contributed by atoms with Crippen molar-refractivity contribution in [2.75, 3.05) is 47.5 Å². The summed E-state index contributed by atoms with van der Waals surface area (Å²) in [5.74, 6) is -2.21.